The van der Waals surface area contributed by atoms with Crippen LogP contribution in [0.2, 0.25) is 5.02 Å². The zero-order valence-corrected chi connectivity index (χ0v) is 15.4. The van der Waals surface area contributed by atoms with Crippen LogP contribution in [-0.2, 0) is 22.3 Å². The van der Waals surface area contributed by atoms with Crippen molar-refractivity contribution in [2.24, 2.45) is 0 Å². The summed E-state index contributed by atoms with van der Waals surface area (Å²) in [6, 6.07) is 13.8. The topological polar surface area (TPSA) is 94.3 Å². The first-order chi connectivity index (χ1) is 12.4. The van der Waals surface area contributed by atoms with Gasteiger partial charge in [0, 0.05) is 10.6 Å². The summed E-state index contributed by atoms with van der Waals surface area (Å²) in [6.45, 7) is -0.0912. The third-order valence-electron chi connectivity index (χ3n) is 3.51. The number of hydrogen-bond donors (Lipinski definition) is 1. The number of sulfonamides is 1. The van der Waals surface area contributed by atoms with Crippen LogP contribution in [-0.4, -0.2) is 25.7 Å². The van der Waals surface area contributed by atoms with Crippen LogP contribution in [0.15, 0.2) is 53.1 Å². The normalized spacial score (nSPS) is 11.5. The Morgan fingerprint density at radius 2 is 1.96 bits per heavy atom. The van der Waals surface area contributed by atoms with Gasteiger partial charge in [0.05, 0.1) is 19.4 Å². The second-order valence-electron chi connectivity index (χ2n) is 5.45. The number of methoxy groups -OCH3 is 1. The standard InChI is InChI=1S/C17H16ClN3O4S/c1-24-15-7-5-13(6-8-15)17-20-16(25-21-17)10-19-26(22,23)11-12-3-2-4-14(18)9-12/h2-9,19H,10-11H2,1H3. The first kappa shape index (κ1) is 18.4. The zero-order valence-electron chi connectivity index (χ0n) is 13.8. The third kappa shape index (κ3) is 4.81. The number of hydrogen-bond acceptors (Lipinski definition) is 6. The quantitative estimate of drug-likeness (QED) is 0.663. The van der Waals surface area contributed by atoms with Crippen LogP contribution in [0.3, 0.4) is 0 Å². The van der Waals surface area contributed by atoms with Crippen molar-refractivity contribution in [2.45, 2.75) is 12.3 Å². The van der Waals surface area contributed by atoms with Gasteiger partial charge in [0.25, 0.3) is 0 Å². The lowest BCUT2D eigenvalue weighted by Gasteiger charge is -2.05. The molecular formula is C17H16ClN3O4S. The Morgan fingerprint density at radius 1 is 1.19 bits per heavy atom. The van der Waals surface area contributed by atoms with Crippen molar-refractivity contribution in [2.75, 3.05) is 7.11 Å². The Labute approximate surface area is 156 Å². The fraction of sp³-hybridized carbons (Fsp3) is 0.176. The van der Waals surface area contributed by atoms with E-state index in [9.17, 15) is 8.42 Å². The average molecular weight is 394 g/mol. The van der Waals surface area contributed by atoms with E-state index in [4.69, 9.17) is 20.9 Å². The second-order valence-corrected chi connectivity index (χ2v) is 7.69. The minimum absolute atomic E-state index is 0.0912. The van der Waals surface area contributed by atoms with Crippen LogP contribution in [0.25, 0.3) is 11.4 Å². The van der Waals surface area contributed by atoms with Gasteiger partial charge in [-0.1, -0.05) is 28.9 Å². The molecule has 1 aromatic heterocycles. The molecule has 3 aromatic rings. The van der Waals surface area contributed by atoms with Gasteiger partial charge in [-0.3, -0.25) is 0 Å². The number of halogens is 1. The fourth-order valence-corrected chi connectivity index (χ4v) is 3.53. The molecule has 0 spiro atoms. The van der Waals surface area contributed by atoms with E-state index in [1.807, 2.05) is 0 Å². The Kier molecular flexibility index (Phi) is 5.55. The van der Waals surface area contributed by atoms with E-state index in [0.29, 0.717) is 22.2 Å². The molecule has 3 rings (SSSR count). The molecule has 0 saturated carbocycles. The number of aromatic nitrogens is 2. The van der Waals surface area contributed by atoms with Gasteiger partial charge in [0.15, 0.2) is 0 Å². The van der Waals surface area contributed by atoms with E-state index in [0.717, 1.165) is 5.56 Å². The average Bonchev–Trinajstić information content (AvgIpc) is 3.09. The van der Waals surface area contributed by atoms with E-state index in [1.54, 1.807) is 55.6 Å². The summed E-state index contributed by atoms with van der Waals surface area (Å²) < 4.78 is 37.0. The highest BCUT2D eigenvalue weighted by atomic mass is 35.5. The molecule has 0 amide bonds. The van der Waals surface area contributed by atoms with Crippen LogP contribution in [0.4, 0.5) is 0 Å². The number of nitrogens with one attached hydrogen (secondary N) is 1. The molecule has 0 aliphatic heterocycles. The van der Waals surface area contributed by atoms with Gasteiger partial charge < -0.3 is 9.26 Å². The summed E-state index contributed by atoms with van der Waals surface area (Å²) >= 11 is 5.87. The lowest BCUT2D eigenvalue weighted by atomic mass is 10.2. The Balaban J connectivity index is 1.63. The monoisotopic (exact) mass is 393 g/mol. The molecule has 26 heavy (non-hydrogen) atoms. The van der Waals surface area contributed by atoms with Gasteiger partial charge in [-0.2, -0.15) is 4.98 Å². The summed E-state index contributed by atoms with van der Waals surface area (Å²) in [5, 5.41) is 4.34. The molecule has 9 heteroatoms. The first-order valence-electron chi connectivity index (χ1n) is 7.64. The van der Waals surface area contributed by atoms with Crippen molar-refractivity contribution in [3.63, 3.8) is 0 Å². The molecule has 0 unspecified atom stereocenters. The molecule has 0 atom stereocenters. The van der Waals surface area contributed by atoms with Crippen LogP contribution in [0.5, 0.6) is 5.75 Å². The molecule has 0 bridgehead atoms. The van der Waals surface area contributed by atoms with Crippen LogP contribution in [0.1, 0.15) is 11.5 Å². The van der Waals surface area contributed by atoms with Crippen LogP contribution < -0.4 is 9.46 Å². The molecule has 0 aliphatic carbocycles. The zero-order chi connectivity index (χ0) is 18.6. The van der Waals surface area contributed by atoms with Gasteiger partial charge in [-0.05, 0) is 42.0 Å². The van der Waals surface area contributed by atoms with Crippen molar-refractivity contribution < 1.29 is 17.7 Å². The molecule has 136 valence electrons. The maximum atomic E-state index is 12.2. The minimum atomic E-state index is -3.57. The van der Waals surface area contributed by atoms with E-state index in [-0.39, 0.29) is 18.2 Å². The summed E-state index contributed by atoms with van der Waals surface area (Å²) in [7, 11) is -1.99. The smallest absolute Gasteiger partial charge is 0.242 e. The predicted molar refractivity (Wildman–Crippen MR) is 97.2 cm³/mol. The van der Waals surface area contributed by atoms with Gasteiger partial charge in [0.1, 0.15) is 5.75 Å². The molecule has 0 radical (unpaired) electrons. The van der Waals surface area contributed by atoms with Crippen molar-refractivity contribution in [3.8, 4) is 17.1 Å². The van der Waals surface area contributed by atoms with E-state index in [1.165, 1.54) is 0 Å². The Bertz CT molecular complexity index is 987. The summed E-state index contributed by atoms with van der Waals surface area (Å²) in [4.78, 5) is 4.19. The molecule has 7 nitrogen and oxygen atoms in total. The van der Waals surface area contributed by atoms with E-state index in [2.05, 4.69) is 14.9 Å². The SMILES string of the molecule is COc1ccc(-c2noc(CNS(=O)(=O)Cc3cccc(Cl)c3)n2)cc1. The number of ether oxygens (including phenoxy) is 1. The van der Waals surface area contributed by atoms with Gasteiger partial charge in [0.2, 0.25) is 21.7 Å². The number of benzene rings is 2. The molecule has 2 aromatic carbocycles. The Hall–Kier alpha value is -2.42. The first-order valence-corrected chi connectivity index (χ1v) is 9.67. The molecule has 1 heterocycles. The minimum Gasteiger partial charge on any atom is -0.497 e. The molecule has 0 fully saturated rings. The van der Waals surface area contributed by atoms with E-state index >= 15 is 0 Å². The van der Waals surface area contributed by atoms with Gasteiger partial charge in [-0.25, -0.2) is 13.1 Å². The highest BCUT2D eigenvalue weighted by Crippen LogP contribution is 2.20. The molecule has 1 N–H and O–H groups in total. The van der Waals surface area contributed by atoms with Crippen molar-refractivity contribution in [1.82, 2.24) is 14.9 Å². The largest absolute Gasteiger partial charge is 0.497 e. The van der Waals surface area contributed by atoms with Crippen molar-refractivity contribution >= 4 is 21.6 Å². The predicted octanol–water partition coefficient (Wildman–Crippen LogP) is 3.02. The van der Waals surface area contributed by atoms with Crippen molar-refractivity contribution in [3.05, 3.63) is 65.0 Å². The van der Waals surface area contributed by atoms with E-state index < -0.39 is 10.0 Å². The molecule has 0 aliphatic rings. The second kappa shape index (κ2) is 7.86. The molecular weight excluding hydrogens is 378 g/mol. The number of nitrogens with zero attached hydrogens (tertiary/aromatic N) is 2. The highest BCUT2D eigenvalue weighted by molar-refractivity contribution is 7.88. The summed E-state index contributed by atoms with van der Waals surface area (Å²) in [5.41, 5.74) is 1.33. The van der Waals surface area contributed by atoms with Crippen LogP contribution >= 0.6 is 11.6 Å². The summed E-state index contributed by atoms with van der Waals surface area (Å²) in [5.74, 6) is 1.07. The summed E-state index contributed by atoms with van der Waals surface area (Å²) in [6.07, 6.45) is 0. The Morgan fingerprint density at radius 3 is 2.65 bits per heavy atom. The van der Waals surface area contributed by atoms with Gasteiger partial charge >= 0.3 is 0 Å². The van der Waals surface area contributed by atoms with Gasteiger partial charge in [-0.15, -0.1) is 0 Å². The fourth-order valence-electron chi connectivity index (χ4n) is 2.25. The lowest BCUT2D eigenvalue weighted by Crippen LogP contribution is -2.24. The number of rotatable bonds is 7. The van der Waals surface area contributed by atoms with Crippen molar-refractivity contribution in [1.29, 1.82) is 0 Å². The highest BCUT2D eigenvalue weighted by Gasteiger charge is 2.15. The molecule has 0 saturated heterocycles. The lowest BCUT2D eigenvalue weighted by molar-refractivity contribution is 0.376. The third-order valence-corrected chi connectivity index (χ3v) is 5.04. The maximum Gasteiger partial charge on any atom is 0.242 e. The van der Waals surface area contributed by atoms with Crippen LogP contribution in [0, 0.1) is 0 Å². The maximum absolute atomic E-state index is 12.2.